The van der Waals surface area contributed by atoms with Gasteiger partial charge in [-0.25, -0.2) is 0 Å². The number of primary amides is 1. The van der Waals surface area contributed by atoms with E-state index in [1.165, 1.54) is 25.7 Å². The van der Waals surface area contributed by atoms with Gasteiger partial charge in [-0.1, -0.05) is 19.8 Å². The van der Waals surface area contributed by atoms with Crippen LogP contribution in [0.15, 0.2) is 0 Å². The molecule has 3 unspecified atom stereocenters. The van der Waals surface area contributed by atoms with E-state index in [2.05, 4.69) is 24.2 Å². The maximum Gasteiger partial charge on any atom is 0.238 e. The van der Waals surface area contributed by atoms with E-state index in [4.69, 9.17) is 5.73 Å². The second kappa shape index (κ2) is 5.83. The molecule has 0 radical (unpaired) electrons. The van der Waals surface area contributed by atoms with E-state index < -0.39 is 5.54 Å². The molecule has 4 heteroatoms. The van der Waals surface area contributed by atoms with Crippen molar-refractivity contribution in [3.63, 3.8) is 0 Å². The van der Waals surface area contributed by atoms with Crippen LogP contribution < -0.4 is 11.1 Å². The number of hydrogen-bond acceptors (Lipinski definition) is 3. The number of rotatable bonds is 5. The SMILES string of the molecule is CNC(C)(CN(C)C1CCCCC1C)C(N)=O. The number of carbonyl (C=O) groups is 1. The first-order valence-electron chi connectivity index (χ1n) is 6.60. The topological polar surface area (TPSA) is 58.4 Å². The van der Waals surface area contributed by atoms with Gasteiger partial charge in [0.05, 0.1) is 0 Å². The third-order valence-corrected chi connectivity index (χ3v) is 4.29. The van der Waals surface area contributed by atoms with Gasteiger partial charge in [0.2, 0.25) is 5.91 Å². The van der Waals surface area contributed by atoms with Crippen LogP contribution >= 0.6 is 0 Å². The van der Waals surface area contributed by atoms with Crippen molar-refractivity contribution >= 4 is 5.91 Å². The number of nitrogens with two attached hydrogens (primary N) is 1. The molecule has 1 aliphatic rings. The lowest BCUT2D eigenvalue weighted by atomic mass is 9.84. The summed E-state index contributed by atoms with van der Waals surface area (Å²) in [5, 5.41) is 3.05. The van der Waals surface area contributed by atoms with Gasteiger partial charge in [0.25, 0.3) is 0 Å². The van der Waals surface area contributed by atoms with Crippen LogP contribution in [0.4, 0.5) is 0 Å². The van der Waals surface area contributed by atoms with E-state index in [0.717, 1.165) is 0 Å². The van der Waals surface area contributed by atoms with Gasteiger partial charge in [-0.05, 0) is 39.8 Å². The van der Waals surface area contributed by atoms with Gasteiger partial charge in [0, 0.05) is 12.6 Å². The third kappa shape index (κ3) is 3.42. The molecule has 1 saturated carbocycles. The van der Waals surface area contributed by atoms with Gasteiger partial charge in [-0.3, -0.25) is 4.79 Å². The largest absolute Gasteiger partial charge is 0.368 e. The van der Waals surface area contributed by atoms with E-state index in [-0.39, 0.29) is 5.91 Å². The molecule has 17 heavy (non-hydrogen) atoms. The average molecular weight is 241 g/mol. The first-order valence-corrected chi connectivity index (χ1v) is 6.60. The summed E-state index contributed by atoms with van der Waals surface area (Å²) < 4.78 is 0. The highest BCUT2D eigenvalue weighted by atomic mass is 16.1. The summed E-state index contributed by atoms with van der Waals surface area (Å²) in [7, 11) is 3.90. The van der Waals surface area contributed by atoms with Crippen LogP contribution in [0, 0.1) is 5.92 Å². The predicted molar refractivity (Wildman–Crippen MR) is 70.7 cm³/mol. The van der Waals surface area contributed by atoms with Crippen LogP contribution in [0.3, 0.4) is 0 Å². The first kappa shape index (κ1) is 14.5. The molecule has 1 aliphatic carbocycles. The smallest absolute Gasteiger partial charge is 0.238 e. The number of carbonyl (C=O) groups excluding carboxylic acids is 1. The van der Waals surface area contributed by atoms with Crippen molar-refractivity contribution in [3.05, 3.63) is 0 Å². The summed E-state index contributed by atoms with van der Waals surface area (Å²) in [5.41, 5.74) is 4.83. The fraction of sp³-hybridized carbons (Fsp3) is 0.923. The van der Waals surface area contributed by atoms with Crippen LogP contribution in [0.5, 0.6) is 0 Å². The highest BCUT2D eigenvalue weighted by Gasteiger charge is 2.34. The van der Waals surface area contributed by atoms with E-state index in [0.29, 0.717) is 18.5 Å². The lowest BCUT2D eigenvalue weighted by Crippen LogP contribution is -2.59. The Morgan fingerprint density at radius 1 is 1.47 bits per heavy atom. The maximum atomic E-state index is 11.5. The van der Waals surface area contributed by atoms with Crippen molar-refractivity contribution in [1.82, 2.24) is 10.2 Å². The molecular formula is C13H27N3O. The van der Waals surface area contributed by atoms with Gasteiger partial charge in [-0.15, -0.1) is 0 Å². The molecule has 0 bridgehead atoms. The van der Waals surface area contributed by atoms with Crippen molar-refractivity contribution in [3.8, 4) is 0 Å². The number of nitrogens with one attached hydrogen (secondary N) is 1. The van der Waals surface area contributed by atoms with Crippen LogP contribution in [0.1, 0.15) is 39.5 Å². The van der Waals surface area contributed by atoms with E-state index in [1.807, 2.05) is 6.92 Å². The maximum absolute atomic E-state index is 11.5. The normalized spacial score (nSPS) is 29.0. The van der Waals surface area contributed by atoms with Gasteiger partial charge < -0.3 is 16.0 Å². The van der Waals surface area contributed by atoms with Crippen LogP contribution in [-0.4, -0.2) is 43.0 Å². The number of nitrogens with zero attached hydrogens (tertiary/aromatic N) is 1. The molecular weight excluding hydrogens is 214 g/mol. The Kier molecular flexibility index (Phi) is 4.95. The third-order valence-electron chi connectivity index (χ3n) is 4.29. The van der Waals surface area contributed by atoms with Crippen molar-refractivity contribution in [2.45, 2.75) is 51.1 Å². The second-order valence-electron chi connectivity index (χ2n) is 5.69. The van der Waals surface area contributed by atoms with Gasteiger partial charge in [-0.2, -0.15) is 0 Å². The Labute approximate surface area is 105 Å². The van der Waals surface area contributed by atoms with Crippen molar-refractivity contribution in [1.29, 1.82) is 0 Å². The molecule has 3 atom stereocenters. The second-order valence-corrected chi connectivity index (χ2v) is 5.69. The zero-order valence-electron chi connectivity index (χ0n) is 11.6. The van der Waals surface area contributed by atoms with Crippen LogP contribution in [0.2, 0.25) is 0 Å². The summed E-state index contributed by atoms with van der Waals surface area (Å²) in [6.45, 7) is 4.86. The lowest BCUT2D eigenvalue weighted by molar-refractivity contribution is -0.124. The molecule has 0 saturated heterocycles. The molecule has 4 nitrogen and oxygen atoms in total. The summed E-state index contributed by atoms with van der Waals surface area (Å²) in [6.07, 6.45) is 5.16. The average Bonchev–Trinajstić information content (AvgIpc) is 2.29. The van der Waals surface area contributed by atoms with E-state index in [9.17, 15) is 4.79 Å². The molecule has 1 rings (SSSR count). The number of likely N-dealkylation sites (N-methyl/N-ethyl adjacent to an activating group) is 2. The van der Waals surface area contributed by atoms with E-state index >= 15 is 0 Å². The van der Waals surface area contributed by atoms with Crippen molar-refractivity contribution in [2.75, 3.05) is 20.6 Å². The lowest BCUT2D eigenvalue weighted by Gasteiger charge is -2.40. The standard InChI is InChI=1S/C13H27N3O/c1-10-7-5-6-8-11(10)16(4)9-13(2,15-3)12(14)17/h10-11,15H,5-9H2,1-4H3,(H2,14,17). The van der Waals surface area contributed by atoms with Crippen molar-refractivity contribution in [2.24, 2.45) is 11.7 Å². The minimum Gasteiger partial charge on any atom is -0.368 e. The molecule has 0 spiro atoms. The van der Waals surface area contributed by atoms with Crippen LogP contribution in [0.25, 0.3) is 0 Å². The Bertz CT molecular complexity index is 269. The van der Waals surface area contributed by atoms with Gasteiger partial charge in [0.15, 0.2) is 0 Å². The Balaban J connectivity index is 2.63. The molecule has 1 fully saturated rings. The number of amides is 1. The highest BCUT2D eigenvalue weighted by molar-refractivity contribution is 5.84. The fourth-order valence-corrected chi connectivity index (χ4v) is 2.85. The van der Waals surface area contributed by atoms with Crippen LogP contribution in [-0.2, 0) is 4.79 Å². The first-order chi connectivity index (χ1) is 7.90. The quantitative estimate of drug-likeness (QED) is 0.754. The molecule has 0 aromatic heterocycles. The summed E-state index contributed by atoms with van der Waals surface area (Å²) in [4.78, 5) is 13.8. The number of hydrogen-bond donors (Lipinski definition) is 2. The molecule has 0 aliphatic heterocycles. The zero-order valence-corrected chi connectivity index (χ0v) is 11.6. The molecule has 0 aromatic rings. The monoisotopic (exact) mass is 241 g/mol. The minimum absolute atomic E-state index is 0.282. The zero-order chi connectivity index (χ0) is 13.1. The Morgan fingerprint density at radius 2 is 2.06 bits per heavy atom. The Morgan fingerprint density at radius 3 is 2.53 bits per heavy atom. The van der Waals surface area contributed by atoms with Gasteiger partial charge in [0.1, 0.15) is 5.54 Å². The summed E-state index contributed by atoms with van der Waals surface area (Å²) >= 11 is 0. The van der Waals surface area contributed by atoms with Gasteiger partial charge >= 0.3 is 0 Å². The molecule has 3 N–H and O–H groups in total. The predicted octanol–water partition coefficient (Wildman–Crippen LogP) is 0.960. The minimum atomic E-state index is -0.633. The molecule has 0 aromatic carbocycles. The Hall–Kier alpha value is -0.610. The van der Waals surface area contributed by atoms with Crippen molar-refractivity contribution < 1.29 is 4.79 Å². The summed E-state index contributed by atoms with van der Waals surface area (Å²) in [5.74, 6) is 0.429. The fourth-order valence-electron chi connectivity index (χ4n) is 2.85. The molecule has 1 amide bonds. The summed E-state index contributed by atoms with van der Waals surface area (Å²) in [6, 6.07) is 0.579. The molecule has 100 valence electrons. The highest BCUT2D eigenvalue weighted by Crippen LogP contribution is 2.28. The van der Waals surface area contributed by atoms with E-state index in [1.54, 1.807) is 7.05 Å². The molecule has 0 heterocycles.